The van der Waals surface area contributed by atoms with Gasteiger partial charge in [0.05, 0.1) is 0 Å². The van der Waals surface area contributed by atoms with E-state index in [1.54, 1.807) is 0 Å². The number of hydrogen-bond donors (Lipinski definition) is 0. The van der Waals surface area contributed by atoms with Crippen LogP contribution in [-0.4, -0.2) is 9.97 Å². The van der Waals surface area contributed by atoms with Crippen molar-refractivity contribution in [2.75, 3.05) is 0 Å². The molecule has 2 aromatic rings. The summed E-state index contributed by atoms with van der Waals surface area (Å²) in [6.07, 6.45) is 7.34. The van der Waals surface area contributed by atoms with Crippen LogP contribution in [0.5, 0.6) is 0 Å². The van der Waals surface area contributed by atoms with E-state index >= 15 is 0 Å². The second-order valence-corrected chi connectivity index (χ2v) is 23.3. The fourth-order valence-corrected chi connectivity index (χ4v) is 1.70. The zero-order valence-electron chi connectivity index (χ0n) is 14.6. The van der Waals surface area contributed by atoms with Crippen LogP contribution in [0.15, 0.2) is 49.1 Å². The summed E-state index contributed by atoms with van der Waals surface area (Å²) >= 11 is 5.30. The summed E-state index contributed by atoms with van der Waals surface area (Å²) in [6.45, 7) is 13.2. The Kier molecular flexibility index (Phi) is 12.2. The van der Waals surface area contributed by atoms with E-state index in [0.29, 0.717) is 13.3 Å². The van der Waals surface area contributed by atoms with E-state index in [-0.39, 0.29) is 10.8 Å². The SMILES string of the molecule is CC(C)(C)c1ccncc1.CC(C)(C)c1ccncc1.I[I-]I. The van der Waals surface area contributed by atoms with Crippen LogP contribution in [0.4, 0.5) is 0 Å². The van der Waals surface area contributed by atoms with E-state index in [9.17, 15) is 0 Å². The molecule has 0 atom stereocenters. The first-order valence-corrected chi connectivity index (χ1v) is 19.9. The van der Waals surface area contributed by atoms with E-state index in [1.807, 2.05) is 24.8 Å². The Morgan fingerprint density at radius 3 is 1.00 bits per heavy atom. The Morgan fingerprint density at radius 2 is 0.870 bits per heavy atom. The fourth-order valence-electron chi connectivity index (χ4n) is 1.70. The van der Waals surface area contributed by atoms with Gasteiger partial charge >= 0.3 is 50.5 Å². The number of aromatic nitrogens is 2. The minimum absolute atomic E-state index is 0.253. The van der Waals surface area contributed by atoms with Crippen LogP contribution >= 0.6 is 37.2 Å². The van der Waals surface area contributed by atoms with Crippen molar-refractivity contribution in [1.29, 1.82) is 0 Å². The molecule has 0 aliphatic carbocycles. The Balaban J connectivity index is 0.000000360. The van der Waals surface area contributed by atoms with E-state index in [0.717, 1.165) is 0 Å². The molecule has 5 heteroatoms. The van der Waals surface area contributed by atoms with Gasteiger partial charge in [0.15, 0.2) is 0 Å². The molecule has 23 heavy (non-hydrogen) atoms. The maximum atomic E-state index is 3.96. The molecule has 0 bridgehead atoms. The summed E-state index contributed by atoms with van der Waals surface area (Å²) in [5.74, 6) is 0. The zero-order chi connectivity index (χ0) is 17.9. The van der Waals surface area contributed by atoms with Gasteiger partial charge in [-0.05, 0) is 46.2 Å². The van der Waals surface area contributed by atoms with Crippen LogP contribution in [0.25, 0.3) is 0 Å². The first-order valence-electron chi connectivity index (χ1n) is 7.31. The molecule has 0 unspecified atom stereocenters. The molecule has 0 aliphatic heterocycles. The van der Waals surface area contributed by atoms with Crippen LogP contribution in [0, 0.1) is 0 Å². The third-order valence-corrected chi connectivity index (χ3v) is 3.09. The van der Waals surface area contributed by atoms with Gasteiger partial charge in [0.2, 0.25) is 0 Å². The molecular weight excluding hydrogens is 625 g/mol. The molecule has 0 saturated carbocycles. The third kappa shape index (κ3) is 11.6. The van der Waals surface area contributed by atoms with Crippen molar-refractivity contribution in [2.24, 2.45) is 0 Å². The molecule has 0 aromatic carbocycles. The standard InChI is InChI=1S/2C9H13N.I3/c2*1-9(2,3)8-4-6-10-7-5-8;1-3-2/h2*4-7H,1-3H3;/q;;-1. The minimum atomic E-state index is 0.253. The van der Waals surface area contributed by atoms with Crippen molar-refractivity contribution >= 4 is 37.2 Å². The second kappa shape index (κ2) is 11.9. The molecule has 0 amide bonds. The Labute approximate surface area is 171 Å². The van der Waals surface area contributed by atoms with Crippen LogP contribution in [0.3, 0.4) is 0 Å². The van der Waals surface area contributed by atoms with Gasteiger partial charge in [-0.3, -0.25) is 9.97 Å². The van der Waals surface area contributed by atoms with Crippen LogP contribution in [0.1, 0.15) is 52.7 Å². The van der Waals surface area contributed by atoms with Gasteiger partial charge in [-0.1, -0.05) is 41.5 Å². The van der Waals surface area contributed by atoms with Gasteiger partial charge in [-0.15, -0.1) is 0 Å². The average molecular weight is 651 g/mol. The first kappa shape index (κ1) is 23.5. The monoisotopic (exact) mass is 651 g/mol. The molecule has 0 radical (unpaired) electrons. The van der Waals surface area contributed by atoms with E-state index in [2.05, 4.69) is 113 Å². The van der Waals surface area contributed by atoms with E-state index < -0.39 is 0 Å². The molecule has 2 heterocycles. The quantitative estimate of drug-likeness (QED) is 0.408. The Bertz CT molecular complexity index is 468. The molecule has 0 N–H and O–H groups in total. The van der Waals surface area contributed by atoms with Gasteiger partial charge in [0, 0.05) is 24.8 Å². The molecule has 130 valence electrons. The van der Waals surface area contributed by atoms with Crippen LogP contribution < -0.4 is 13.3 Å². The molecular formula is C18H26I3N2-. The topological polar surface area (TPSA) is 25.8 Å². The Morgan fingerprint density at radius 1 is 0.652 bits per heavy atom. The van der Waals surface area contributed by atoms with Gasteiger partial charge in [-0.25, -0.2) is 0 Å². The van der Waals surface area contributed by atoms with Crippen LogP contribution in [0.2, 0.25) is 0 Å². The van der Waals surface area contributed by atoms with E-state index in [4.69, 9.17) is 0 Å². The van der Waals surface area contributed by atoms with Gasteiger partial charge in [0.25, 0.3) is 0 Å². The molecule has 0 saturated heterocycles. The fraction of sp³-hybridized carbons (Fsp3) is 0.444. The van der Waals surface area contributed by atoms with Gasteiger partial charge in [-0.2, -0.15) is 0 Å². The second-order valence-electron chi connectivity index (χ2n) is 7.03. The predicted octanol–water partition coefficient (Wildman–Crippen LogP) is 3.53. The van der Waals surface area contributed by atoms with Crippen LogP contribution in [-0.2, 0) is 10.8 Å². The van der Waals surface area contributed by atoms with Crippen molar-refractivity contribution in [3.8, 4) is 0 Å². The zero-order valence-corrected chi connectivity index (χ0v) is 21.1. The predicted molar refractivity (Wildman–Crippen MR) is 114 cm³/mol. The number of halogens is 3. The summed E-state index contributed by atoms with van der Waals surface area (Å²) in [5.41, 5.74) is 3.18. The summed E-state index contributed by atoms with van der Waals surface area (Å²) in [5, 5.41) is 0. The molecule has 0 spiro atoms. The van der Waals surface area contributed by atoms with Crippen molar-refractivity contribution in [3.05, 3.63) is 60.2 Å². The van der Waals surface area contributed by atoms with Gasteiger partial charge < -0.3 is 0 Å². The van der Waals surface area contributed by atoms with Crippen molar-refractivity contribution in [1.82, 2.24) is 9.97 Å². The number of rotatable bonds is 0. The molecule has 2 rings (SSSR count). The molecule has 0 fully saturated rings. The van der Waals surface area contributed by atoms with Crippen molar-refractivity contribution < 1.29 is 13.3 Å². The summed E-state index contributed by atoms with van der Waals surface area (Å²) in [6, 6.07) is 8.22. The Hall–Kier alpha value is 0.490. The van der Waals surface area contributed by atoms with Gasteiger partial charge in [0.1, 0.15) is 0 Å². The maximum absolute atomic E-state index is 3.96. The third-order valence-electron chi connectivity index (χ3n) is 3.09. The number of pyridine rings is 2. The number of nitrogens with zero attached hydrogens (tertiary/aromatic N) is 2. The van der Waals surface area contributed by atoms with Crippen molar-refractivity contribution in [3.63, 3.8) is 0 Å². The summed E-state index contributed by atoms with van der Waals surface area (Å²) < 4.78 is 0. The molecule has 0 aliphatic rings. The molecule has 2 aromatic heterocycles. The van der Waals surface area contributed by atoms with E-state index in [1.165, 1.54) is 11.1 Å². The normalized spacial score (nSPS) is 11.0. The first-order chi connectivity index (χ1) is 10.6. The molecule has 2 nitrogen and oxygen atoms in total. The summed E-state index contributed by atoms with van der Waals surface area (Å²) in [7, 11) is 0. The average Bonchev–Trinajstić information content (AvgIpc) is 2.49. The number of hydrogen-bond acceptors (Lipinski definition) is 2. The van der Waals surface area contributed by atoms with Crippen molar-refractivity contribution in [2.45, 2.75) is 52.4 Å². The summed E-state index contributed by atoms with van der Waals surface area (Å²) in [4.78, 5) is 7.92.